The Morgan fingerprint density at radius 3 is 2.71 bits per heavy atom. The number of aromatic nitrogens is 4. The van der Waals surface area contributed by atoms with Crippen LogP contribution < -0.4 is 10.1 Å². The molecule has 0 aliphatic carbocycles. The molecule has 0 fully saturated rings. The molecule has 5 rings (SSSR count). The number of carbonyl (C=O) groups excluding carboxylic acids is 1. The van der Waals surface area contributed by atoms with Crippen LogP contribution in [0, 0.1) is 0 Å². The number of fused-ring (bicyclic) bond motifs is 1. The van der Waals surface area contributed by atoms with Crippen molar-refractivity contribution in [3.05, 3.63) is 107 Å². The molecule has 0 aliphatic rings. The summed E-state index contributed by atoms with van der Waals surface area (Å²) in [4.78, 5) is 12.6. The number of carbonyl (C=O) groups is 1. The van der Waals surface area contributed by atoms with Crippen LogP contribution >= 0.6 is 23.2 Å². The number of anilines is 1. The molecule has 1 N–H and O–H groups in total. The average molecular weight is 492 g/mol. The van der Waals surface area contributed by atoms with Crippen LogP contribution in [-0.4, -0.2) is 25.5 Å². The molecule has 0 spiro atoms. The molecular formula is C25H19Cl2N5O2. The lowest BCUT2D eigenvalue weighted by atomic mass is 10.0. The molecule has 3 aromatic carbocycles. The van der Waals surface area contributed by atoms with Gasteiger partial charge >= 0.3 is 0 Å². The van der Waals surface area contributed by atoms with Crippen molar-refractivity contribution >= 4 is 45.6 Å². The Hall–Kier alpha value is -3.81. The third-order valence-electron chi connectivity index (χ3n) is 5.25. The molecule has 7 nitrogen and oxygen atoms in total. The summed E-state index contributed by atoms with van der Waals surface area (Å²) in [5.41, 5.74) is 1.99. The number of ether oxygens (including phenoxy) is 1. The quantitative estimate of drug-likeness (QED) is 0.308. The first kappa shape index (κ1) is 22.0. The number of hydrogen-bond donors (Lipinski definition) is 1. The van der Waals surface area contributed by atoms with E-state index in [-0.39, 0.29) is 18.3 Å². The number of hydrogen-bond acceptors (Lipinski definition) is 4. The summed E-state index contributed by atoms with van der Waals surface area (Å²) in [5, 5.41) is 14.6. The van der Waals surface area contributed by atoms with Crippen LogP contribution in [-0.2, 0) is 13.3 Å². The number of nitrogens with zero attached hydrogens (tertiary/aromatic N) is 4. The summed E-state index contributed by atoms with van der Waals surface area (Å²) in [6, 6.07) is 21.2. The third kappa shape index (κ3) is 4.76. The first-order valence-corrected chi connectivity index (χ1v) is 11.2. The Labute approximate surface area is 205 Å². The fraction of sp³-hybridized carbons (Fsp3) is 0.0800. The molecule has 0 bridgehead atoms. The minimum Gasteiger partial charge on any atom is -0.470 e. The molecule has 2 heterocycles. The monoisotopic (exact) mass is 491 g/mol. The van der Waals surface area contributed by atoms with Crippen LogP contribution in [0.15, 0.2) is 85.3 Å². The molecule has 0 atom stereocenters. The van der Waals surface area contributed by atoms with Crippen LogP contribution in [0.2, 0.25) is 10.0 Å². The van der Waals surface area contributed by atoms with E-state index in [1.807, 2.05) is 18.2 Å². The van der Waals surface area contributed by atoms with E-state index in [4.69, 9.17) is 27.9 Å². The lowest BCUT2D eigenvalue weighted by Gasteiger charge is -2.08. The highest BCUT2D eigenvalue weighted by Crippen LogP contribution is 2.31. The molecule has 0 unspecified atom stereocenters. The molecule has 0 radical (unpaired) electrons. The highest BCUT2D eigenvalue weighted by Gasteiger charge is 2.12. The summed E-state index contributed by atoms with van der Waals surface area (Å²) >= 11 is 12.1. The number of halogens is 2. The molecule has 0 saturated heterocycles. The Kier molecular flexibility index (Phi) is 6.20. The molecule has 34 heavy (non-hydrogen) atoms. The van der Waals surface area contributed by atoms with Crippen molar-refractivity contribution in [2.75, 3.05) is 5.32 Å². The van der Waals surface area contributed by atoms with Crippen molar-refractivity contribution in [2.24, 2.45) is 0 Å². The molecule has 5 aromatic rings. The number of amides is 1. The minimum atomic E-state index is -0.343. The SMILES string of the molecule is O=C(Nc1cnn(Cc2cccc3ccccc23)c1)c1ccn(COc2cccc(Cl)c2Cl)n1. The fourth-order valence-electron chi connectivity index (χ4n) is 3.60. The molecule has 2 aromatic heterocycles. The molecule has 0 saturated carbocycles. The predicted octanol–water partition coefficient (Wildman–Crippen LogP) is 5.88. The molecule has 170 valence electrons. The molecule has 9 heteroatoms. The minimum absolute atomic E-state index is 0.0797. The maximum absolute atomic E-state index is 12.6. The second-order valence-electron chi connectivity index (χ2n) is 7.58. The van der Waals surface area contributed by atoms with Crippen molar-refractivity contribution in [2.45, 2.75) is 13.3 Å². The van der Waals surface area contributed by atoms with Crippen molar-refractivity contribution in [1.29, 1.82) is 0 Å². The third-order valence-corrected chi connectivity index (χ3v) is 6.05. The van der Waals surface area contributed by atoms with Gasteiger partial charge in [0, 0.05) is 12.4 Å². The zero-order valence-electron chi connectivity index (χ0n) is 17.9. The molecular weight excluding hydrogens is 473 g/mol. The van der Waals surface area contributed by atoms with Gasteiger partial charge in [0.15, 0.2) is 12.4 Å². The highest BCUT2D eigenvalue weighted by atomic mass is 35.5. The van der Waals surface area contributed by atoms with E-state index in [0.717, 1.165) is 5.56 Å². The molecule has 0 aliphatic heterocycles. The van der Waals surface area contributed by atoms with E-state index in [0.29, 0.717) is 28.0 Å². The van der Waals surface area contributed by atoms with Gasteiger partial charge < -0.3 is 10.1 Å². The Balaban J connectivity index is 1.22. The van der Waals surface area contributed by atoms with Crippen molar-refractivity contribution in [3.8, 4) is 5.75 Å². The highest BCUT2D eigenvalue weighted by molar-refractivity contribution is 6.42. The van der Waals surface area contributed by atoms with Gasteiger partial charge in [-0.15, -0.1) is 0 Å². The zero-order chi connectivity index (χ0) is 23.5. The smallest absolute Gasteiger partial charge is 0.276 e. The number of rotatable bonds is 7. The van der Waals surface area contributed by atoms with Gasteiger partial charge in [0.2, 0.25) is 0 Å². The number of benzene rings is 3. The first-order valence-electron chi connectivity index (χ1n) is 10.5. The van der Waals surface area contributed by atoms with Gasteiger partial charge in [-0.05, 0) is 34.5 Å². The lowest BCUT2D eigenvalue weighted by Crippen LogP contribution is -2.14. The average Bonchev–Trinajstić information content (AvgIpc) is 3.50. The van der Waals surface area contributed by atoms with Crippen molar-refractivity contribution in [1.82, 2.24) is 19.6 Å². The summed E-state index contributed by atoms with van der Waals surface area (Å²) in [6.07, 6.45) is 5.06. The Bertz CT molecular complexity index is 1470. The maximum Gasteiger partial charge on any atom is 0.276 e. The van der Waals surface area contributed by atoms with Crippen LogP contribution in [0.5, 0.6) is 5.75 Å². The maximum atomic E-state index is 12.6. The summed E-state index contributed by atoms with van der Waals surface area (Å²) in [5.74, 6) is 0.0959. The fourth-order valence-corrected chi connectivity index (χ4v) is 3.95. The van der Waals surface area contributed by atoms with E-state index in [1.165, 1.54) is 15.5 Å². The van der Waals surface area contributed by atoms with Crippen molar-refractivity contribution < 1.29 is 9.53 Å². The summed E-state index contributed by atoms with van der Waals surface area (Å²) in [7, 11) is 0. The van der Waals surface area contributed by atoms with Gasteiger partial charge in [-0.2, -0.15) is 10.2 Å². The van der Waals surface area contributed by atoms with E-state index in [2.05, 4.69) is 39.8 Å². The van der Waals surface area contributed by atoms with E-state index in [1.54, 1.807) is 47.5 Å². The number of nitrogens with one attached hydrogen (secondary N) is 1. The second-order valence-corrected chi connectivity index (χ2v) is 8.37. The van der Waals surface area contributed by atoms with Crippen LogP contribution in [0.3, 0.4) is 0 Å². The van der Waals surface area contributed by atoms with Crippen LogP contribution in [0.1, 0.15) is 16.1 Å². The van der Waals surface area contributed by atoms with E-state index >= 15 is 0 Å². The largest absolute Gasteiger partial charge is 0.470 e. The lowest BCUT2D eigenvalue weighted by molar-refractivity contribution is 0.102. The van der Waals surface area contributed by atoms with Gasteiger partial charge in [-0.25, -0.2) is 4.68 Å². The van der Waals surface area contributed by atoms with Crippen LogP contribution in [0.4, 0.5) is 5.69 Å². The topological polar surface area (TPSA) is 74.0 Å². The van der Waals surface area contributed by atoms with Crippen molar-refractivity contribution in [3.63, 3.8) is 0 Å². The Morgan fingerprint density at radius 1 is 0.971 bits per heavy atom. The predicted molar refractivity (Wildman–Crippen MR) is 133 cm³/mol. The van der Waals surface area contributed by atoms with E-state index < -0.39 is 0 Å². The van der Waals surface area contributed by atoms with Gasteiger partial charge in [-0.3, -0.25) is 9.48 Å². The normalized spacial score (nSPS) is 11.0. The Morgan fingerprint density at radius 2 is 1.79 bits per heavy atom. The first-order chi connectivity index (χ1) is 16.6. The van der Waals surface area contributed by atoms with Crippen LogP contribution in [0.25, 0.3) is 10.8 Å². The van der Waals surface area contributed by atoms with Gasteiger partial charge in [0.05, 0.1) is 23.5 Å². The zero-order valence-corrected chi connectivity index (χ0v) is 19.4. The van der Waals surface area contributed by atoms with Gasteiger partial charge in [-0.1, -0.05) is 71.7 Å². The summed E-state index contributed by atoms with van der Waals surface area (Å²) in [6.45, 7) is 0.672. The van der Waals surface area contributed by atoms with Gasteiger partial charge in [0.1, 0.15) is 10.8 Å². The molecule has 1 amide bonds. The second kappa shape index (κ2) is 9.59. The summed E-state index contributed by atoms with van der Waals surface area (Å²) < 4.78 is 8.93. The van der Waals surface area contributed by atoms with E-state index in [9.17, 15) is 4.79 Å². The van der Waals surface area contributed by atoms with Gasteiger partial charge in [0.25, 0.3) is 5.91 Å². The standard InChI is InChI=1S/C25H19Cl2N5O2/c26-21-9-4-10-23(24(21)27)34-16-31-12-11-22(30-31)25(33)29-19-13-28-32(15-19)14-18-7-3-6-17-5-1-2-8-20(17)18/h1-13,15H,14,16H2,(H,29,33).